The van der Waals surface area contributed by atoms with Crippen LogP contribution in [0.5, 0.6) is 5.75 Å². The van der Waals surface area contributed by atoms with Crippen LogP contribution >= 0.6 is 11.6 Å². The molecule has 1 unspecified atom stereocenters. The summed E-state index contributed by atoms with van der Waals surface area (Å²) < 4.78 is 5.61. The second-order valence-corrected chi connectivity index (χ2v) is 5.63. The Bertz CT molecular complexity index is 640. The molecular formula is C18H19ClO3. The van der Waals surface area contributed by atoms with Crippen LogP contribution in [0.1, 0.15) is 29.9 Å². The highest BCUT2D eigenvalue weighted by Crippen LogP contribution is 2.25. The van der Waals surface area contributed by atoms with Crippen molar-refractivity contribution in [3.05, 3.63) is 64.7 Å². The Hall–Kier alpha value is -2.00. The molecule has 4 heteroatoms. The van der Waals surface area contributed by atoms with E-state index in [0.29, 0.717) is 30.2 Å². The molecule has 0 amide bonds. The van der Waals surface area contributed by atoms with Gasteiger partial charge >= 0.3 is 5.97 Å². The van der Waals surface area contributed by atoms with Crippen LogP contribution in [0.25, 0.3) is 0 Å². The first-order chi connectivity index (χ1) is 10.6. The zero-order valence-corrected chi connectivity index (χ0v) is 13.2. The molecule has 0 bridgehead atoms. The average molecular weight is 319 g/mol. The summed E-state index contributed by atoms with van der Waals surface area (Å²) in [6.45, 7) is 2.41. The minimum Gasteiger partial charge on any atom is -0.494 e. The van der Waals surface area contributed by atoms with Crippen LogP contribution in [0.2, 0.25) is 5.02 Å². The van der Waals surface area contributed by atoms with Crippen LogP contribution in [-0.2, 0) is 4.79 Å². The van der Waals surface area contributed by atoms with Crippen molar-refractivity contribution in [2.24, 2.45) is 0 Å². The quantitative estimate of drug-likeness (QED) is 0.754. The van der Waals surface area contributed by atoms with Gasteiger partial charge in [-0.2, -0.15) is 0 Å². The second kappa shape index (κ2) is 7.85. The number of halogens is 1. The highest BCUT2D eigenvalue weighted by molar-refractivity contribution is 6.30. The fraction of sp³-hybridized carbons (Fsp3) is 0.278. The van der Waals surface area contributed by atoms with Crippen molar-refractivity contribution < 1.29 is 14.6 Å². The normalized spacial score (nSPS) is 11.9. The van der Waals surface area contributed by atoms with Crippen molar-refractivity contribution in [3.8, 4) is 5.75 Å². The Kier molecular flexibility index (Phi) is 5.84. The van der Waals surface area contributed by atoms with E-state index in [4.69, 9.17) is 16.3 Å². The van der Waals surface area contributed by atoms with Gasteiger partial charge in [0.1, 0.15) is 5.75 Å². The number of carbonyl (C=O) groups is 1. The summed E-state index contributed by atoms with van der Waals surface area (Å²) in [5.74, 6) is -0.587. The van der Waals surface area contributed by atoms with Crippen LogP contribution in [0, 0.1) is 6.92 Å². The van der Waals surface area contributed by atoms with Crippen molar-refractivity contribution in [2.45, 2.75) is 25.7 Å². The lowest BCUT2D eigenvalue weighted by Gasteiger charge is -2.15. The van der Waals surface area contributed by atoms with Crippen molar-refractivity contribution in [1.29, 1.82) is 0 Å². The van der Waals surface area contributed by atoms with Crippen LogP contribution < -0.4 is 4.74 Å². The minimum absolute atomic E-state index is 0.468. The lowest BCUT2D eigenvalue weighted by atomic mass is 9.91. The summed E-state index contributed by atoms with van der Waals surface area (Å²) in [4.78, 5) is 11.5. The van der Waals surface area contributed by atoms with Crippen molar-refractivity contribution in [2.75, 3.05) is 6.61 Å². The summed E-state index contributed by atoms with van der Waals surface area (Å²) in [5.41, 5.74) is 1.88. The van der Waals surface area contributed by atoms with Gasteiger partial charge in [0, 0.05) is 5.02 Å². The summed E-state index contributed by atoms with van der Waals surface area (Å²) in [7, 11) is 0. The van der Waals surface area contributed by atoms with Crippen LogP contribution in [0.4, 0.5) is 0 Å². The van der Waals surface area contributed by atoms with Crippen LogP contribution in [0.15, 0.2) is 48.5 Å². The molecule has 0 aromatic heterocycles. The SMILES string of the molecule is Cc1ccccc1C(CCCOc1cccc(Cl)c1)C(=O)O. The van der Waals surface area contributed by atoms with Gasteiger partial charge in [-0.25, -0.2) is 0 Å². The molecule has 2 aromatic carbocycles. The van der Waals surface area contributed by atoms with Crippen LogP contribution in [-0.4, -0.2) is 17.7 Å². The molecule has 22 heavy (non-hydrogen) atoms. The standard InChI is InChI=1S/C18H19ClO3/c1-13-6-2-3-9-16(13)17(18(20)21)10-5-11-22-15-8-4-7-14(19)12-15/h2-4,6-9,12,17H,5,10-11H2,1H3,(H,20,21). The number of aliphatic carboxylic acids is 1. The third kappa shape index (κ3) is 4.50. The monoisotopic (exact) mass is 318 g/mol. The Balaban J connectivity index is 1.90. The third-order valence-electron chi connectivity index (χ3n) is 3.56. The van der Waals surface area contributed by atoms with Gasteiger partial charge in [-0.05, 0) is 49.1 Å². The van der Waals surface area contributed by atoms with E-state index in [1.165, 1.54) is 0 Å². The number of rotatable bonds is 7. The number of aryl methyl sites for hydroxylation is 1. The smallest absolute Gasteiger partial charge is 0.310 e. The van der Waals surface area contributed by atoms with E-state index >= 15 is 0 Å². The van der Waals surface area contributed by atoms with E-state index in [-0.39, 0.29) is 0 Å². The molecule has 0 fully saturated rings. The van der Waals surface area contributed by atoms with E-state index < -0.39 is 11.9 Å². The molecule has 0 heterocycles. The average Bonchev–Trinajstić information content (AvgIpc) is 2.48. The van der Waals surface area contributed by atoms with Crippen molar-refractivity contribution >= 4 is 17.6 Å². The summed E-state index contributed by atoms with van der Waals surface area (Å²) in [5, 5.41) is 10.1. The number of carboxylic acid groups (broad SMARTS) is 1. The van der Waals surface area contributed by atoms with Crippen molar-refractivity contribution in [3.63, 3.8) is 0 Å². The van der Waals surface area contributed by atoms with E-state index in [2.05, 4.69) is 0 Å². The molecule has 0 spiro atoms. The van der Waals surface area contributed by atoms with Gasteiger partial charge in [0.15, 0.2) is 0 Å². The maximum Gasteiger partial charge on any atom is 0.310 e. The van der Waals surface area contributed by atoms with Gasteiger partial charge in [0.25, 0.3) is 0 Å². The Labute approximate surface area is 135 Å². The van der Waals surface area contributed by atoms with Gasteiger partial charge in [0.2, 0.25) is 0 Å². The van der Waals surface area contributed by atoms with Crippen LogP contribution in [0.3, 0.4) is 0 Å². The summed E-state index contributed by atoms with van der Waals surface area (Å²) in [6, 6.07) is 14.8. The Morgan fingerprint density at radius 3 is 2.68 bits per heavy atom. The maximum atomic E-state index is 11.5. The highest BCUT2D eigenvalue weighted by atomic mass is 35.5. The molecule has 0 aliphatic carbocycles. The van der Waals surface area contributed by atoms with Gasteiger partial charge < -0.3 is 9.84 Å². The molecule has 2 rings (SSSR count). The topological polar surface area (TPSA) is 46.5 Å². The molecule has 2 aromatic rings. The van der Waals surface area contributed by atoms with E-state index in [1.54, 1.807) is 12.1 Å². The number of ether oxygens (including phenoxy) is 1. The van der Waals surface area contributed by atoms with Crippen molar-refractivity contribution in [1.82, 2.24) is 0 Å². The predicted molar refractivity (Wildman–Crippen MR) is 87.7 cm³/mol. The van der Waals surface area contributed by atoms with Gasteiger partial charge in [-0.15, -0.1) is 0 Å². The molecule has 0 saturated carbocycles. The highest BCUT2D eigenvalue weighted by Gasteiger charge is 2.20. The summed E-state index contributed by atoms with van der Waals surface area (Å²) >= 11 is 5.89. The Morgan fingerprint density at radius 1 is 1.23 bits per heavy atom. The molecule has 1 N–H and O–H groups in total. The molecule has 3 nitrogen and oxygen atoms in total. The van der Waals surface area contributed by atoms with E-state index in [9.17, 15) is 9.90 Å². The third-order valence-corrected chi connectivity index (χ3v) is 3.80. The lowest BCUT2D eigenvalue weighted by Crippen LogP contribution is -2.14. The van der Waals surface area contributed by atoms with Gasteiger partial charge in [-0.1, -0.05) is 41.9 Å². The first kappa shape index (κ1) is 16.4. The molecule has 116 valence electrons. The zero-order valence-electron chi connectivity index (χ0n) is 12.5. The number of hydrogen-bond donors (Lipinski definition) is 1. The van der Waals surface area contributed by atoms with E-state index in [1.807, 2.05) is 43.3 Å². The first-order valence-corrected chi connectivity index (χ1v) is 7.62. The number of hydrogen-bond acceptors (Lipinski definition) is 2. The second-order valence-electron chi connectivity index (χ2n) is 5.20. The number of benzene rings is 2. The molecule has 0 radical (unpaired) electrons. The fourth-order valence-electron chi connectivity index (χ4n) is 2.42. The molecule has 0 aliphatic rings. The molecular weight excluding hydrogens is 300 g/mol. The van der Waals surface area contributed by atoms with E-state index in [0.717, 1.165) is 11.1 Å². The molecule has 1 atom stereocenters. The largest absolute Gasteiger partial charge is 0.494 e. The first-order valence-electron chi connectivity index (χ1n) is 7.24. The molecule has 0 saturated heterocycles. The fourth-order valence-corrected chi connectivity index (χ4v) is 2.60. The summed E-state index contributed by atoms with van der Waals surface area (Å²) in [6.07, 6.45) is 1.21. The Morgan fingerprint density at radius 2 is 2.00 bits per heavy atom. The predicted octanol–water partition coefficient (Wildman–Crippen LogP) is 4.68. The van der Waals surface area contributed by atoms with Gasteiger partial charge in [0.05, 0.1) is 12.5 Å². The minimum atomic E-state index is -0.794. The van der Waals surface area contributed by atoms with Gasteiger partial charge in [-0.3, -0.25) is 4.79 Å². The lowest BCUT2D eigenvalue weighted by molar-refractivity contribution is -0.139. The molecule has 0 aliphatic heterocycles. The number of carboxylic acids is 1. The zero-order chi connectivity index (χ0) is 15.9. The maximum absolute atomic E-state index is 11.5.